The van der Waals surface area contributed by atoms with E-state index in [0.29, 0.717) is 56.2 Å². The standard InChI is InChI=1S/C56H42O12/c57-35-10-4-29(5-11-35)54-50(33-18-38(60)23-39(61)19-33)44-22-32(46(65)27-48(44)67-54)3-1-28-2-16-47-43(17-28)52(56(66-47)31-8-14-37(59)15-9-31)45-25-42(64)26-49-53(45)51(34-20-40(62)24-41(63)21-34)55(68-49)30-6-12-36(58)13-7-30/h1-27,50-52,54-65H. The highest BCUT2D eigenvalue weighted by atomic mass is 16.5. The Morgan fingerprint density at radius 1 is 0.309 bits per heavy atom. The van der Waals surface area contributed by atoms with Gasteiger partial charge < -0.3 is 60.2 Å². The van der Waals surface area contributed by atoms with Crippen molar-refractivity contribution in [3.63, 3.8) is 0 Å². The summed E-state index contributed by atoms with van der Waals surface area (Å²) in [5.41, 5.74) is 7.28. The molecule has 0 aliphatic carbocycles. The molecule has 8 aromatic rings. The SMILES string of the molecule is Oc1ccc(C2Oc3cc(O)c(C=Cc4ccc5c(c4)C(c4cc(O)cc6c4C(c4cc(O)cc(O)c4)C(c4ccc(O)cc4)O6)C(c4ccc(O)cc4)O5)cc3C2c2cc(O)cc(O)c2)cc1. The molecule has 0 spiro atoms. The van der Waals surface area contributed by atoms with Gasteiger partial charge in [-0.15, -0.1) is 0 Å². The quantitative estimate of drug-likeness (QED) is 0.0652. The number of aromatic hydroxyl groups is 9. The summed E-state index contributed by atoms with van der Waals surface area (Å²) in [7, 11) is 0. The number of phenolic OH excluding ortho intramolecular Hbond substituents is 9. The van der Waals surface area contributed by atoms with Crippen LogP contribution in [-0.4, -0.2) is 46.0 Å². The summed E-state index contributed by atoms with van der Waals surface area (Å²) in [4.78, 5) is 0. The normalized spacial score (nSPS) is 20.0. The van der Waals surface area contributed by atoms with E-state index in [4.69, 9.17) is 14.2 Å². The second-order valence-corrected chi connectivity index (χ2v) is 17.4. The van der Waals surface area contributed by atoms with Crippen LogP contribution in [0.2, 0.25) is 0 Å². The van der Waals surface area contributed by atoms with Gasteiger partial charge in [0.25, 0.3) is 0 Å². The summed E-state index contributed by atoms with van der Waals surface area (Å²) in [6.45, 7) is 0. The molecule has 12 heteroatoms. The highest BCUT2D eigenvalue weighted by Gasteiger charge is 2.45. The highest BCUT2D eigenvalue weighted by molar-refractivity contribution is 5.76. The number of benzene rings is 8. The van der Waals surface area contributed by atoms with E-state index in [1.165, 1.54) is 18.2 Å². The average molecular weight is 907 g/mol. The van der Waals surface area contributed by atoms with E-state index in [-0.39, 0.29) is 51.7 Å². The summed E-state index contributed by atoms with van der Waals surface area (Å²) < 4.78 is 19.9. The third-order valence-electron chi connectivity index (χ3n) is 13.0. The third-order valence-corrected chi connectivity index (χ3v) is 13.0. The van der Waals surface area contributed by atoms with Gasteiger partial charge in [0.15, 0.2) is 0 Å². The van der Waals surface area contributed by atoms with Crippen LogP contribution in [0, 0.1) is 0 Å². The maximum absolute atomic E-state index is 11.4. The van der Waals surface area contributed by atoms with Gasteiger partial charge in [-0.25, -0.2) is 0 Å². The summed E-state index contributed by atoms with van der Waals surface area (Å²) in [5, 5.41) is 96.0. The molecule has 0 saturated carbocycles. The Kier molecular flexibility index (Phi) is 9.96. The molecule has 0 bridgehead atoms. The maximum Gasteiger partial charge on any atom is 0.135 e. The minimum atomic E-state index is -0.713. The first-order chi connectivity index (χ1) is 32.8. The van der Waals surface area contributed by atoms with Crippen molar-refractivity contribution in [2.24, 2.45) is 0 Å². The second-order valence-electron chi connectivity index (χ2n) is 17.4. The van der Waals surface area contributed by atoms with Gasteiger partial charge in [0.05, 0.1) is 17.8 Å². The Bertz CT molecular complexity index is 3250. The van der Waals surface area contributed by atoms with Crippen LogP contribution in [0.15, 0.2) is 152 Å². The van der Waals surface area contributed by atoms with E-state index < -0.39 is 36.1 Å². The zero-order chi connectivity index (χ0) is 47.0. The Morgan fingerprint density at radius 2 is 0.765 bits per heavy atom. The van der Waals surface area contributed by atoms with Crippen LogP contribution in [0.3, 0.4) is 0 Å². The van der Waals surface area contributed by atoms with Crippen molar-refractivity contribution in [3.8, 4) is 69.0 Å². The fourth-order valence-electron chi connectivity index (χ4n) is 10.1. The van der Waals surface area contributed by atoms with Crippen LogP contribution in [0.25, 0.3) is 12.2 Å². The zero-order valence-electron chi connectivity index (χ0n) is 35.8. The molecule has 0 radical (unpaired) electrons. The van der Waals surface area contributed by atoms with Crippen LogP contribution in [0.1, 0.15) is 97.3 Å². The van der Waals surface area contributed by atoms with E-state index in [2.05, 4.69) is 0 Å². The first-order valence-corrected chi connectivity index (χ1v) is 21.8. The van der Waals surface area contributed by atoms with E-state index in [1.54, 1.807) is 115 Å². The maximum atomic E-state index is 11.4. The van der Waals surface area contributed by atoms with Crippen LogP contribution in [0.5, 0.6) is 69.0 Å². The number of hydrogen-bond acceptors (Lipinski definition) is 12. The lowest BCUT2D eigenvalue weighted by atomic mass is 9.76. The van der Waals surface area contributed by atoms with Gasteiger partial charge in [-0.05, 0) is 124 Å². The molecule has 0 fully saturated rings. The summed E-state index contributed by atoms with van der Waals surface area (Å²) in [5.74, 6) is -0.861. The lowest BCUT2D eigenvalue weighted by Gasteiger charge is -2.26. The molecule has 338 valence electrons. The number of rotatable bonds is 8. The molecule has 0 aromatic heterocycles. The molecule has 0 saturated heterocycles. The van der Waals surface area contributed by atoms with Crippen molar-refractivity contribution in [1.82, 2.24) is 0 Å². The Labute approximate surface area is 389 Å². The van der Waals surface area contributed by atoms with Crippen molar-refractivity contribution in [2.75, 3.05) is 0 Å². The monoisotopic (exact) mass is 906 g/mol. The molecule has 3 heterocycles. The number of fused-ring (bicyclic) bond motifs is 3. The minimum Gasteiger partial charge on any atom is -0.508 e. The van der Waals surface area contributed by atoms with Gasteiger partial charge in [-0.1, -0.05) is 54.6 Å². The molecule has 9 N–H and O–H groups in total. The molecule has 0 amide bonds. The molecular weight excluding hydrogens is 865 g/mol. The largest absolute Gasteiger partial charge is 0.508 e. The average Bonchev–Trinajstić information content (AvgIpc) is 3.99. The third kappa shape index (κ3) is 7.47. The Morgan fingerprint density at radius 3 is 1.32 bits per heavy atom. The molecular formula is C56H42O12. The van der Waals surface area contributed by atoms with Crippen LogP contribution < -0.4 is 14.2 Å². The molecule has 68 heavy (non-hydrogen) atoms. The van der Waals surface area contributed by atoms with Crippen molar-refractivity contribution in [3.05, 3.63) is 213 Å². The molecule has 6 unspecified atom stereocenters. The van der Waals surface area contributed by atoms with Gasteiger partial charge in [0, 0.05) is 46.5 Å². The van der Waals surface area contributed by atoms with E-state index in [0.717, 1.165) is 22.3 Å². The Hall–Kier alpha value is -8.90. The van der Waals surface area contributed by atoms with Gasteiger partial charge in [-0.2, -0.15) is 0 Å². The summed E-state index contributed by atoms with van der Waals surface area (Å²) in [6, 6.07) is 40.9. The molecule has 6 atom stereocenters. The van der Waals surface area contributed by atoms with Gasteiger partial charge >= 0.3 is 0 Å². The number of ether oxygens (including phenoxy) is 3. The molecule has 3 aliphatic rings. The zero-order valence-corrected chi connectivity index (χ0v) is 35.8. The van der Waals surface area contributed by atoms with Gasteiger partial charge in [0.1, 0.15) is 87.3 Å². The fourth-order valence-corrected chi connectivity index (χ4v) is 10.1. The van der Waals surface area contributed by atoms with Crippen LogP contribution in [0.4, 0.5) is 0 Å². The number of hydrogen-bond donors (Lipinski definition) is 9. The van der Waals surface area contributed by atoms with Crippen molar-refractivity contribution in [2.45, 2.75) is 36.1 Å². The molecule has 3 aliphatic heterocycles. The molecule has 12 nitrogen and oxygen atoms in total. The second kappa shape index (κ2) is 16.2. The molecule has 11 rings (SSSR count). The van der Waals surface area contributed by atoms with Crippen molar-refractivity contribution >= 4 is 12.2 Å². The van der Waals surface area contributed by atoms with Crippen LogP contribution >= 0.6 is 0 Å². The van der Waals surface area contributed by atoms with Gasteiger partial charge in [0.2, 0.25) is 0 Å². The summed E-state index contributed by atoms with van der Waals surface area (Å²) >= 11 is 0. The summed E-state index contributed by atoms with van der Waals surface area (Å²) in [6.07, 6.45) is 1.62. The lowest BCUT2D eigenvalue weighted by Crippen LogP contribution is -2.16. The lowest BCUT2D eigenvalue weighted by molar-refractivity contribution is 0.220. The van der Waals surface area contributed by atoms with E-state index >= 15 is 0 Å². The predicted molar refractivity (Wildman–Crippen MR) is 251 cm³/mol. The van der Waals surface area contributed by atoms with Crippen LogP contribution in [-0.2, 0) is 0 Å². The smallest absolute Gasteiger partial charge is 0.135 e. The van der Waals surface area contributed by atoms with Gasteiger partial charge in [-0.3, -0.25) is 0 Å². The van der Waals surface area contributed by atoms with E-state index in [9.17, 15) is 46.0 Å². The fraction of sp³-hybridized carbons (Fsp3) is 0.107. The minimum absolute atomic E-state index is 0.0545. The highest BCUT2D eigenvalue weighted by Crippen LogP contribution is 2.59. The molecule has 8 aromatic carbocycles. The Balaban J connectivity index is 1.02. The topological polar surface area (TPSA) is 210 Å². The first-order valence-electron chi connectivity index (χ1n) is 21.8. The number of phenols is 9. The van der Waals surface area contributed by atoms with E-state index in [1.807, 2.05) is 30.3 Å². The predicted octanol–water partition coefficient (Wildman–Crippen LogP) is 11.0. The van der Waals surface area contributed by atoms with Crippen molar-refractivity contribution in [1.29, 1.82) is 0 Å². The van der Waals surface area contributed by atoms with Crippen molar-refractivity contribution < 1.29 is 60.2 Å². The first kappa shape index (κ1) is 41.8.